The molecular weight excluding hydrogens is 246 g/mol. The average Bonchev–Trinajstić information content (AvgIpc) is 3.20. The number of carbonyl (C=O) groups excluding carboxylic acids is 1. The second-order valence-electron chi connectivity index (χ2n) is 6.39. The van der Waals surface area contributed by atoms with E-state index in [1.165, 1.54) is 12.8 Å². The van der Waals surface area contributed by atoms with E-state index in [4.69, 9.17) is 9.84 Å². The van der Waals surface area contributed by atoms with Crippen molar-refractivity contribution in [2.24, 2.45) is 23.2 Å². The van der Waals surface area contributed by atoms with Gasteiger partial charge in [-0.2, -0.15) is 0 Å². The van der Waals surface area contributed by atoms with Gasteiger partial charge in [0.1, 0.15) is 0 Å². The zero-order valence-electron chi connectivity index (χ0n) is 11.9. The zero-order valence-corrected chi connectivity index (χ0v) is 11.9. The predicted molar refractivity (Wildman–Crippen MR) is 69.6 cm³/mol. The molecule has 2 saturated carbocycles. The van der Waals surface area contributed by atoms with Crippen molar-refractivity contribution in [1.29, 1.82) is 0 Å². The van der Waals surface area contributed by atoms with Crippen molar-refractivity contribution in [1.82, 2.24) is 4.90 Å². The summed E-state index contributed by atoms with van der Waals surface area (Å²) >= 11 is 0. The second-order valence-corrected chi connectivity index (χ2v) is 6.39. The number of carbonyl (C=O) groups is 2. The molecule has 2 aliphatic carbocycles. The molecular formula is C14H23NO4. The summed E-state index contributed by atoms with van der Waals surface area (Å²) in [6.45, 7) is 5.53. The molecule has 0 radical (unpaired) electrons. The Morgan fingerprint density at radius 3 is 2.42 bits per heavy atom. The zero-order chi connectivity index (χ0) is 14.2. The first-order chi connectivity index (χ1) is 8.85. The fourth-order valence-electron chi connectivity index (χ4n) is 2.64. The molecule has 0 aromatic heterocycles. The van der Waals surface area contributed by atoms with Gasteiger partial charge in [-0.15, -0.1) is 0 Å². The summed E-state index contributed by atoms with van der Waals surface area (Å²) < 4.78 is 5.49. The van der Waals surface area contributed by atoms with E-state index in [0.717, 1.165) is 12.5 Å². The number of aliphatic carboxylic acids is 1. The summed E-state index contributed by atoms with van der Waals surface area (Å²) in [5.74, 6) is -1.16. The van der Waals surface area contributed by atoms with Crippen LogP contribution >= 0.6 is 0 Å². The number of carboxylic acid groups (broad SMARTS) is 1. The van der Waals surface area contributed by atoms with Crippen LogP contribution in [0.2, 0.25) is 0 Å². The normalized spacial score (nSPS) is 27.9. The Hall–Kier alpha value is -1.10. The van der Waals surface area contributed by atoms with Crippen LogP contribution in [0.25, 0.3) is 0 Å². The quantitative estimate of drug-likeness (QED) is 0.706. The molecule has 19 heavy (non-hydrogen) atoms. The van der Waals surface area contributed by atoms with Gasteiger partial charge in [-0.25, -0.2) is 0 Å². The summed E-state index contributed by atoms with van der Waals surface area (Å²) in [5, 5.41) is 9.08. The number of nitrogens with zero attached hydrogens (tertiary/aromatic N) is 1. The van der Waals surface area contributed by atoms with E-state index in [2.05, 4.69) is 0 Å². The molecule has 2 unspecified atom stereocenters. The molecule has 5 heteroatoms. The Kier molecular flexibility index (Phi) is 3.85. The number of hydrogen-bond acceptors (Lipinski definition) is 3. The Morgan fingerprint density at radius 1 is 1.32 bits per heavy atom. The van der Waals surface area contributed by atoms with E-state index in [1.807, 2.05) is 13.8 Å². The Morgan fingerprint density at radius 2 is 1.95 bits per heavy atom. The van der Waals surface area contributed by atoms with Gasteiger partial charge in [0, 0.05) is 20.2 Å². The molecule has 0 aliphatic heterocycles. The lowest BCUT2D eigenvalue weighted by Crippen LogP contribution is -2.33. The van der Waals surface area contributed by atoms with E-state index in [-0.39, 0.29) is 5.91 Å². The van der Waals surface area contributed by atoms with Gasteiger partial charge in [0.05, 0.1) is 18.4 Å². The first-order valence-corrected chi connectivity index (χ1v) is 6.91. The van der Waals surface area contributed by atoms with E-state index >= 15 is 0 Å². The molecule has 2 atom stereocenters. The van der Waals surface area contributed by atoms with Crippen LogP contribution in [-0.4, -0.2) is 48.7 Å². The first kappa shape index (κ1) is 14.3. The Labute approximate surface area is 113 Å². The standard InChI is InChI=1S/C14H23NO4/c1-14(2)10(11(14)13(17)18)12(16)15(3)6-7-19-8-9-4-5-9/h9-11H,4-8H2,1-3H3,(H,17,18). The second kappa shape index (κ2) is 5.12. The molecule has 2 aliphatic rings. The summed E-state index contributed by atoms with van der Waals surface area (Å²) in [5.41, 5.74) is -0.425. The molecule has 1 N–H and O–H groups in total. The highest BCUT2D eigenvalue weighted by Crippen LogP contribution is 2.58. The van der Waals surface area contributed by atoms with Gasteiger partial charge in [-0.05, 0) is 24.2 Å². The minimum atomic E-state index is -0.873. The number of hydrogen-bond donors (Lipinski definition) is 1. The van der Waals surface area contributed by atoms with Gasteiger partial charge in [0.15, 0.2) is 0 Å². The lowest BCUT2D eigenvalue weighted by Gasteiger charge is -2.18. The number of ether oxygens (including phenoxy) is 1. The Balaban J connectivity index is 1.74. The van der Waals surface area contributed by atoms with Gasteiger partial charge in [0.2, 0.25) is 5.91 Å². The molecule has 108 valence electrons. The largest absolute Gasteiger partial charge is 0.481 e. The van der Waals surface area contributed by atoms with E-state index in [0.29, 0.717) is 13.2 Å². The molecule has 0 aromatic rings. The third kappa shape index (κ3) is 3.08. The van der Waals surface area contributed by atoms with Gasteiger partial charge < -0.3 is 14.7 Å². The van der Waals surface area contributed by atoms with Crippen molar-refractivity contribution >= 4 is 11.9 Å². The van der Waals surface area contributed by atoms with Crippen molar-refractivity contribution in [3.05, 3.63) is 0 Å². The smallest absolute Gasteiger partial charge is 0.307 e. The molecule has 0 heterocycles. The van der Waals surface area contributed by atoms with Crippen LogP contribution in [0.1, 0.15) is 26.7 Å². The highest BCUT2D eigenvalue weighted by molar-refractivity contribution is 5.91. The van der Waals surface area contributed by atoms with E-state index in [9.17, 15) is 9.59 Å². The summed E-state index contributed by atoms with van der Waals surface area (Å²) in [6, 6.07) is 0. The first-order valence-electron chi connectivity index (χ1n) is 6.91. The van der Waals surface area contributed by atoms with Crippen LogP contribution in [-0.2, 0) is 14.3 Å². The molecule has 0 spiro atoms. The molecule has 5 nitrogen and oxygen atoms in total. The third-order valence-corrected chi connectivity index (χ3v) is 4.36. The van der Waals surface area contributed by atoms with Gasteiger partial charge in [0.25, 0.3) is 0 Å². The lowest BCUT2D eigenvalue weighted by molar-refractivity contribution is -0.141. The van der Waals surface area contributed by atoms with Crippen LogP contribution in [0.5, 0.6) is 0 Å². The number of rotatable bonds is 7. The van der Waals surface area contributed by atoms with Crippen LogP contribution in [0.15, 0.2) is 0 Å². The number of amides is 1. The average molecular weight is 269 g/mol. The van der Waals surface area contributed by atoms with Crippen LogP contribution in [0.3, 0.4) is 0 Å². The molecule has 0 aromatic carbocycles. The number of carboxylic acids is 1. The van der Waals surface area contributed by atoms with Crippen molar-refractivity contribution in [2.75, 3.05) is 26.8 Å². The molecule has 2 fully saturated rings. The van der Waals surface area contributed by atoms with E-state index < -0.39 is 23.2 Å². The highest BCUT2D eigenvalue weighted by atomic mass is 16.5. The topological polar surface area (TPSA) is 66.8 Å². The SMILES string of the molecule is CN(CCOCC1CC1)C(=O)C1C(C(=O)O)C1(C)C. The lowest BCUT2D eigenvalue weighted by atomic mass is 10.1. The third-order valence-electron chi connectivity index (χ3n) is 4.36. The molecule has 0 bridgehead atoms. The van der Waals surface area contributed by atoms with Crippen molar-refractivity contribution < 1.29 is 19.4 Å². The predicted octanol–water partition coefficient (Wildman–Crippen LogP) is 1.23. The van der Waals surface area contributed by atoms with Crippen LogP contribution in [0.4, 0.5) is 0 Å². The van der Waals surface area contributed by atoms with E-state index in [1.54, 1.807) is 11.9 Å². The minimum absolute atomic E-state index is 0.0765. The fraction of sp³-hybridized carbons (Fsp3) is 0.857. The van der Waals surface area contributed by atoms with Crippen molar-refractivity contribution in [3.63, 3.8) is 0 Å². The highest BCUT2D eigenvalue weighted by Gasteiger charge is 2.66. The number of likely N-dealkylation sites (N-methyl/N-ethyl adjacent to an activating group) is 1. The van der Waals surface area contributed by atoms with Gasteiger partial charge in [-0.1, -0.05) is 13.8 Å². The summed E-state index contributed by atoms with van der Waals surface area (Å²) in [4.78, 5) is 24.8. The van der Waals surface area contributed by atoms with Gasteiger partial charge in [-0.3, -0.25) is 9.59 Å². The molecule has 1 amide bonds. The molecule has 2 rings (SSSR count). The summed E-state index contributed by atoms with van der Waals surface area (Å²) in [7, 11) is 1.72. The molecule has 0 saturated heterocycles. The van der Waals surface area contributed by atoms with Crippen molar-refractivity contribution in [3.8, 4) is 0 Å². The Bertz CT molecular complexity index is 376. The monoisotopic (exact) mass is 269 g/mol. The fourth-order valence-corrected chi connectivity index (χ4v) is 2.64. The minimum Gasteiger partial charge on any atom is -0.481 e. The maximum absolute atomic E-state index is 12.2. The van der Waals surface area contributed by atoms with Crippen molar-refractivity contribution in [2.45, 2.75) is 26.7 Å². The maximum Gasteiger partial charge on any atom is 0.307 e. The van der Waals surface area contributed by atoms with Crippen LogP contribution in [0, 0.1) is 23.2 Å². The maximum atomic E-state index is 12.2. The van der Waals surface area contributed by atoms with Gasteiger partial charge >= 0.3 is 5.97 Å². The van der Waals surface area contributed by atoms with Crippen LogP contribution < -0.4 is 0 Å². The summed E-state index contributed by atoms with van der Waals surface area (Å²) in [6.07, 6.45) is 2.51.